The maximum atomic E-state index is 11.2. The van der Waals surface area contributed by atoms with Crippen LogP contribution in [0.25, 0.3) is 0 Å². The average Bonchev–Trinajstić information content (AvgIpc) is 1.88. The fourth-order valence-corrected chi connectivity index (χ4v) is 3.26. The number of fused-ring (bicyclic) bond motifs is 1. The molecular weight excluding hydrogens is 176 g/mol. The molecule has 0 aromatic carbocycles. The molecule has 0 aromatic rings. The van der Waals surface area contributed by atoms with E-state index in [1.54, 1.807) is 4.31 Å². The first-order valence-corrected chi connectivity index (χ1v) is 6.11. The summed E-state index contributed by atoms with van der Waals surface area (Å²) in [6.45, 7) is 2.61. The summed E-state index contributed by atoms with van der Waals surface area (Å²) in [6.07, 6.45) is 2.41. The lowest BCUT2D eigenvalue weighted by Crippen LogP contribution is -2.64. The maximum Gasteiger partial charge on any atom is 0.211 e. The molecular formula is C7H14N2O2S. The quantitative estimate of drug-likeness (QED) is 0.591. The summed E-state index contributed by atoms with van der Waals surface area (Å²) in [6, 6.07) is 0.244. The Kier molecular flexibility index (Phi) is 1.89. The predicted molar refractivity (Wildman–Crippen MR) is 46.3 cm³/mol. The van der Waals surface area contributed by atoms with Gasteiger partial charge in [-0.2, -0.15) is 4.31 Å². The second kappa shape index (κ2) is 2.68. The van der Waals surface area contributed by atoms with Crippen LogP contribution in [-0.4, -0.2) is 44.7 Å². The molecule has 0 amide bonds. The molecule has 2 heterocycles. The van der Waals surface area contributed by atoms with Crippen molar-refractivity contribution in [2.75, 3.05) is 25.9 Å². The van der Waals surface area contributed by atoms with E-state index in [0.717, 1.165) is 26.1 Å². The van der Waals surface area contributed by atoms with Crippen molar-refractivity contribution < 1.29 is 8.42 Å². The van der Waals surface area contributed by atoms with Crippen molar-refractivity contribution in [3.05, 3.63) is 0 Å². The fourth-order valence-electron chi connectivity index (χ4n) is 2.06. The molecule has 4 nitrogen and oxygen atoms in total. The first-order valence-electron chi connectivity index (χ1n) is 4.26. The number of sulfonamides is 1. The van der Waals surface area contributed by atoms with Gasteiger partial charge in [0.25, 0.3) is 0 Å². The van der Waals surface area contributed by atoms with Crippen molar-refractivity contribution in [2.45, 2.75) is 12.5 Å². The monoisotopic (exact) mass is 190 g/mol. The summed E-state index contributed by atoms with van der Waals surface area (Å²) in [4.78, 5) is 0. The van der Waals surface area contributed by atoms with Crippen LogP contribution in [0.2, 0.25) is 0 Å². The van der Waals surface area contributed by atoms with Gasteiger partial charge in [-0.1, -0.05) is 0 Å². The highest BCUT2D eigenvalue weighted by atomic mass is 32.2. The van der Waals surface area contributed by atoms with Crippen LogP contribution in [0.15, 0.2) is 0 Å². The van der Waals surface area contributed by atoms with Gasteiger partial charge in [0.05, 0.1) is 6.26 Å². The molecule has 0 spiro atoms. The fraction of sp³-hybridized carbons (Fsp3) is 1.00. The van der Waals surface area contributed by atoms with Crippen molar-refractivity contribution in [1.82, 2.24) is 9.62 Å². The average molecular weight is 190 g/mol. The molecule has 0 saturated carbocycles. The normalized spacial score (nSPS) is 37.1. The Hall–Kier alpha value is -0.130. The molecule has 2 saturated heterocycles. The van der Waals surface area contributed by atoms with Gasteiger partial charge in [-0.25, -0.2) is 8.42 Å². The van der Waals surface area contributed by atoms with Crippen LogP contribution < -0.4 is 5.32 Å². The zero-order chi connectivity index (χ0) is 8.77. The molecule has 70 valence electrons. The van der Waals surface area contributed by atoms with E-state index in [9.17, 15) is 8.42 Å². The number of nitrogens with zero attached hydrogens (tertiary/aromatic N) is 1. The molecule has 5 heteroatoms. The Morgan fingerprint density at radius 1 is 1.50 bits per heavy atom. The summed E-state index contributed by atoms with van der Waals surface area (Å²) < 4.78 is 23.9. The lowest BCUT2D eigenvalue weighted by molar-refractivity contribution is 0.0723. The molecule has 2 rings (SSSR count). The molecule has 0 radical (unpaired) electrons. The highest BCUT2D eigenvalue weighted by Crippen LogP contribution is 2.31. The third-order valence-electron chi connectivity index (χ3n) is 2.80. The number of nitrogens with one attached hydrogen (secondary N) is 1. The van der Waals surface area contributed by atoms with Crippen LogP contribution in [-0.2, 0) is 10.0 Å². The Morgan fingerprint density at radius 2 is 2.25 bits per heavy atom. The van der Waals surface area contributed by atoms with Crippen LogP contribution in [0, 0.1) is 5.92 Å². The molecule has 12 heavy (non-hydrogen) atoms. The van der Waals surface area contributed by atoms with E-state index in [4.69, 9.17) is 0 Å². The third-order valence-corrected chi connectivity index (χ3v) is 4.07. The highest BCUT2D eigenvalue weighted by molar-refractivity contribution is 7.88. The molecule has 1 N–H and O–H groups in total. The van der Waals surface area contributed by atoms with Gasteiger partial charge in [-0.15, -0.1) is 0 Å². The molecule has 2 aliphatic heterocycles. The second-order valence-electron chi connectivity index (χ2n) is 3.65. The first kappa shape index (κ1) is 8.47. The van der Waals surface area contributed by atoms with Gasteiger partial charge >= 0.3 is 0 Å². The van der Waals surface area contributed by atoms with Crippen LogP contribution in [0.1, 0.15) is 6.42 Å². The number of hydrogen-bond acceptors (Lipinski definition) is 3. The van der Waals surface area contributed by atoms with Gasteiger partial charge in [0.2, 0.25) is 10.0 Å². The second-order valence-corrected chi connectivity index (χ2v) is 5.59. The van der Waals surface area contributed by atoms with E-state index in [1.807, 2.05) is 0 Å². The predicted octanol–water partition coefficient (Wildman–Crippen LogP) is -0.760. The van der Waals surface area contributed by atoms with Crippen molar-refractivity contribution in [3.63, 3.8) is 0 Å². The smallest absolute Gasteiger partial charge is 0.211 e. The molecule has 2 fully saturated rings. The summed E-state index contributed by atoms with van der Waals surface area (Å²) >= 11 is 0. The SMILES string of the molecule is CS(=O)(=O)N1CC2CCNCC21. The lowest BCUT2D eigenvalue weighted by atomic mass is 9.86. The van der Waals surface area contributed by atoms with Gasteiger partial charge in [-0.05, 0) is 18.9 Å². The summed E-state index contributed by atoms with van der Waals surface area (Å²) in [7, 11) is -2.94. The van der Waals surface area contributed by atoms with Gasteiger partial charge in [0, 0.05) is 19.1 Å². The highest BCUT2D eigenvalue weighted by Gasteiger charge is 2.44. The Morgan fingerprint density at radius 3 is 2.83 bits per heavy atom. The zero-order valence-corrected chi connectivity index (χ0v) is 7.97. The van der Waals surface area contributed by atoms with E-state index in [2.05, 4.69) is 5.32 Å². The van der Waals surface area contributed by atoms with Crippen molar-refractivity contribution >= 4 is 10.0 Å². The lowest BCUT2D eigenvalue weighted by Gasteiger charge is -2.49. The van der Waals surface area contributed by atoms with E-state index >= 15 is 0 Å². The van der Waals surface area contributed by atoms with Gasteiger partial charge in [0.15, 0.2) is 0 Å². The first-order chi connectivity index (χ1) is 5.59. The molecule has 0 aliphatic carbocycles. The van der Waals surface area contributed by atoms with Crippen LogP contribution >= 0.6 is 0 Å². The number of piperidine rings is 1. The standard InChI is InChI=1S/C7H14N2O2S/c1-12(10,11)9-5-6-2-3-8-4-7(6)9/h6-8H,2-5H2,1H3. The van der Waals surface area contributed by atoms with Crippen molar-refractivity contribution in [1.29, 1.82) is 0 Å². The minimum Gasteiger partial charge on any atom is -0.315 e. The van der Waals surface area contributed by atoms with E-state index in [-0.39, 0.29) is 6.04 Å². The Labute approximate surface area is 73.0 Å². The van der Waals surface area contributed by atoms with Crippen LogP contribution in [0.3, 0.4) is 0 Å². The van der Waals surface area contributed by atoms with Crippen LogP contribution in [0.4, 0.5) is 0 Å². The summed E-state index contributed by atoms with van der Waals surface area (Å²) in [5.41, 5.74) is 0. The van der Waals surface area contributed by atoms with Gasteiger partial charge in [-0.3, -0.25) is 0 Å². The van der Waals surface area contributed by atoms with Gasteiger partial charge in [0.1, 0.15) is 0 Å². The number of rotatable bonds is 1. The molecule has 2 aliphatic rings. The topological polar surface area (TPSA) is 49.4 Å². The molecule has 0 aromatic heterocycles. The van der Waals surface area contributed by atoms with E-state index < -0.39 is 10.0 Å². The molecule has 0 bridgehead atoms. The number of hydrogen-bond donors (Lipinski definition) is 1. The molecule has 2 unspecified atom stereocenters. The largest absolute Gasteiger partial charge is 0.315 e. The van der Waals surface area contributed by atoms with Gasteiger partial charge < -0.3 is 5.32 Å². The Bertz CT molecular complexity index is 275. The Balaban J connectivity index is 2.06. The van der Waals surface area contributed by atoms with Crippen molar-refractivity contribution in [3.8, 4) is 0 Å². The van der Waals surface area contributed by atoms with E-state index in [1.165, 1.54) is 6.26 Å². The maximum absolute atomic E-state index is 11.2. The minimum absolute atomic E-state index is 0.244. The minimum atomic E-state index is -2.94. The van der Waals surface area contributed by atoms with E-state index in [0.29, 0.717) is 5.92 Å². The van der Waals surface area contributed by atoms with Crippen molar-refractivity contribution in [2.24, 2.45) is 5.92 Å². The third kappa shape index (κ3) is 1.26. The summed E-state index contributed by atoms with van der Waals surface area (Å²) in [5, 5.41) is 3.21. The summed E-state index contributed by atoms with van der Waals surface area (Å²) in [5.74, 6) is 0.612. The van der Waals surface area contributed by atoms with Crippen LogP contribution in [0.5, 0.6) is 0 Å². The zero-order valence-electron chi connectivity index (χ0n) is 7.16. The molecule has 2 atom stereocenters.